The van der Waals surface area contributed by atoms with E-state index in [9.17, 15) is 13.2 Å². The summed E-state index contributed by atoms with van der Waals surface area (Å²) < 4.78 is 27.8. The van der Waals surface area contributed by atoms with Crippen LogP contribution >= 0.6 is 11.3 Å². The average Bonchev–Trinajstić information content (AvgIpc) is 3.31. The third-order valence-electron chi connectivity index (χ3n) is 5.29. The first kappa shape index (κ1) is 17.6. The van der Waals surface area contributed by atoms with Gasteiger partial charge in [0, 0.05) is 11.6 Å². The molecule has 0 radical (unpaired) electrons. The number of benzene rings is 1. The number of amides is 1. The van der Waals surface area contributed by atoms with Crippen molar-refractivity contribution < 1.29 is 13.2 Å². The lowest BCUT2D eigenvalue weighted by Gasteiger charge is -2.21. The van der Waals surface area contributed by atoms with E-state index < -0.39 is 10.0 Å². The number of hydrogen-bond acceptors (Lipinski definition) is 6. The summed E-state index contributed by atoms with van der Waals surface area (Å²) in [6.45, 7) is 1.84. The monoisotopic (exact) mass is 392 g/mol. The lowest BCUT2D eigenvalue weighted by atomic mass is 9.96. The maximum Gasteiger partial charge on any atom is 0.270 e. The predicted molar refractivity (Wildman–Crippen MR) is 98.6 cm³/mol. The summed E-state index contributed by atoms with van der Waals surface area (Å²) in [4.78, 5) is 12.3. The Balaban J connectivity index is 1.45. The number of hydrogen-bond donors (Lipinski definition) is 2. The van der Waals surface area contributed by atoms with E-state index in [1.165, 1.54) is 6.42 Å². The summed E-state index contributed by atoms with van der Waals surface area (Å²) in [7, 11) is -3.71. The summed E-state index contributed by atoms with van der Waals surface area (Å²) in [5.41, 5.74) is 1.35. The van der Waals surface area contributed by atoms with Crippen LogP contribution in [0, 0.1) is 18.8 Å². The van der Waals surface area contributed by atoms with Crippen LogP contribution in [0.5, 0.6) is 0 Å². The Morgan fingerprint density at radius 3 is 2.69 bits per heavy atom. The first-order valence-electron chi connectivity index (χ1n) is 8.65. The van der Waals surface area contributed by atoms with Gasteiger partial charge >= 0.3 is 0 Å². The van der Waals surface area contributed by atoms with Crippen molar-refractivity contribution in [2.24, 2.45) is 11.8 Å². The molecule has 9 heteroatoms. The van der Waals surface area contributed by atoms with Gasteiger partial charge in [-0.3, -0.25) is 10.1 Å². The van der Waals surface area contributed by atoms with Gasteiger partial charge in [-0.05, 0) is 49.7 Å². The zero-order valence-corrected chi connectivity index (χ0v) is 15.9. The molecule has 0 saturated heterocycles. The summed E-state index contributed by atoms with van der Waals surface area (Å²) >= 11 is 0.867. The van der Waals surface area contributed by atoms with Gasteiger partial charge in [-0.25, -0.2) is 13.1 Å². The third kappa shape index (κ3) is 3.38. The summed E-state index contributed by atoms with van der Waals surface area (Å²) in [5, 5.41) is 10.4. The Kier molecular flexibility index (Phi) is 4.54. The molecule has 26 heavy (non-hydrogen) atoms. The van der Waals surface area contributed by atoms with Crippen molar-refractivity contribution in [1.29, 1.82) is 0 Å². The molecule has 0 unspecified atom stereocenters. The number of rotatable bonds is 5. The third-order valence-corrected chi connectivity index (χ3v) is 7.99. The van der Waals surface area contributed by atoms with E-state index in [1.807, 2.05) is 19.1 Å². The van der Waals surface area contributed by atoms with E-state index in [-0.39, 0.29) is 21.4 Å². The molecule has 1 heterocycles. The van der Waals surface area contributed by atoms with Gasteiger partial charge in [0.25, 0.3) is 15.9 Å². The second-order valence-corrected chi connectivity index (χ2v) is 9.91. The summed E-state index contributed by atoms with van der Waals surface area (Å²) in [6.07, 6.45) is 4.31. The summed E-state index contributed by atoms with van der Waals surface area (Å²) in [5.74, 6) is 0.748. The lowest BCUT2D eigenvalue weighted by Crippen LogP contribution is -2.38. The number of sulfonamides is 1. The van der Waals surface area contributed by atoms with Crippen molar-refractivity contribution in [3.05, 3.63) is 35.4 Å². The second-order valence-electron chi connectivity index (χ2n) is 7.04. The highest BCUT2D eigenvalue weighted by Crippen LogP contribution is 2.44. The molecule has 2 saturated carbocycles. The minimum absolute atomic E-state index is 0.00680. The number of carbonyl (C=O) groups excluding carboxylic acids is 1. The first-order chi connectivity index (χ1) is 12.4. The Bertz CT molecular complexity index is 941. The van der Waals surface area contributed by atoms with Crippen molar-refractivity contribution >= 4 is 32.4 Å². The number of anilines is 1. The van der Waals surface area contributed by atoms with Crippen LogP contribution in [-0.4, -0.2) is 30.6 Å². The van der Waals surface area contributed by atoms with E-state index in [0.717, 1.165) is 36.2 Å². The van der Waals surface area contributed by atoms with Gasteiger partial charge in [0.05, 0.1) is 0 Å². The number of aryl methyl sites for hydroxylation is 1. The molecule has 0 spiro atoms. The molecule has 7 nitrogen and oxygen atoms in total. The molecule has 2 aromatic rings. The maximum atomic E-state index is 12.6. The smallest absolute Gasteiger partial charge is 0.270 e. The van der Waals surface area contributed by atoms with Crippen molar-refractivity contribution in [3.8, 4) is 0 Å². The normalized spacial score (nSPS) is 24.7. The van der Waals surface area contributed by atoms with Crippen molar-refractivity contribution in [2.45, 2.75) is 43.0 Å². The Morgan fingerprint density at radius 2 is 2.00 bits per heavy atom. The molecule has 1 aromatic heterocycles. The SMILES string of the molecule is Cc1ccccc1C(=O)Nc1nnc(S(=O)(=O)N[C@H]2C[C@@H]3CC[C@@H]2C3)s1. The van der Waals surface area contributed by atoms with Gasteiger partial charge in [0.2, 0.25) is 9.47 Å². The van der Waals surface area contributed by atoms with E-state index in [1.54, 1.807) is 12.1 Å². The van der Waals surface area contributed by atoms with Gasteiger partial charge in [-0.15, -0.1) is 10.2 Å². The minimum atomic E-state index is -3.71. The number of nitrogens with zero attached hydrogens (tertiary/aromatic N) is 2. The minimum Gasteiger partial charge on any atom is -0.296 e. The van der Waals surface area contributed by atoms with Gasteiger partial charge < -0.3 is 0 Å². The molecule has 2 aliphatic carbocycles. The van der Waals surface area contributed by atoms with Crippen molar-refractivity contribution in [2.75, 3.05) is 5.32 Å². The van der Waals surface area contributed by atoms with Crippen LogP contribution in [0.25, 0.3) is 0 Å². The number of carbonyl (C=O) groups is 1. The van der Waals surface area contributed by atoms with Crippen LogP contribution < -0.4 is 10.0 Å². The Labute approximate surface area is 156 Å². The number of nitrogens with one attached hydrogen (secondary N) is 2. The van der Waals surface area contributed by atoms with Crippen LogP contribution in [0.15, 0.2) is 28.6 Å². The Morgan fingerprint density at radius 1 is 1.19 bits per heavy atom. The van der Waals surface area contributed by atoms with Crippen molar-refractivity contribution in [3.63, 3.8) is 0 Å². The van der Waals surface area contributed by atoms with E-state index >= 15 is 0 Å². The van der Waals surface area contributed by atoms with Crippen LogP contribution in [-0.2, 0) is 10.0 Å². The molecule has 138 valence electrons. The standard InChI is InChI=1S/C17H20N4O3S2/c1-10-4-2-3-5-13(10)15(22)18-16-19-20-17(25-16)26(23,24)21-14-9-11-6-7-12(14)8-11/h2-5,11-12,14,21H,6-9H2,1H3,(H,18,19,22)/t11-,12-,14+/m1/s1. The molecule has 2 aliphatic rings. The lowest BCUT2D eigenvalue weighted by molar-refractivity contribution is 0.102. The number of fused-ring (bicyclic) bond motifs is 2. The molecular weight excluding hydrogens is 372 g/mol. The maximum absolute atomic E-state index is 12.6. The molecule has 0 aliphatic heterocycles. The van der Waals surface area contributed by atoms with Gasteiger partial charge in [-0.2, -0.15) is 0 Å². The van der Waals surface area contributed by atoms with Crippen molar-refractivity contribution in [1.82, 2.24) is 14.9 Å². The Hall–Kier alpha value is -1.84. The fourth-order valence-electron chi connectivity index (χ4n) is 4.00. The highest BCUT2D eigenvalue weighted by molar-refractivity contribution is 7.91. The topological polar surface area (TPSA) is 101 Å². The largest absolute Gasteiger partial charge is 0.296 e. The molecule has 2 bridgehead atoms. The quantitative estimate of drug-likeness (QED) is 0.762. The van der Waals surface area contributed by atoms with Gasteiger partial charge in [0.15, 0.2) is 0 Å². The average molecular weight is 393 g/mol. The van der Waals surface area contributed by atoms with Crippen LogP contribution in [0.1, 0.15) is 41.6 Å². The molecule has 2 N–H and O–H groups in total. The van der Waals surface area contributed by atoms with E-state index in [4.69, 9.17) is 0 Å². The fourth-order valence-corrected chi connectivity index (χ4v) is 6.23. The molecule has 2 fully saturated rings. The van der Waals surface area contributed by atoms with Gasteiger partial charge in [-0.1, -0.05) is 36.0 Å². The molecule has 1 amide bonds. The van der Waals surface area contributed by atoms with Gasteiger partial charge in [0.1, 0.15) is 0 Å². The number of aromatic nitrogens is 2. The first-order valence-corrected chi connectivity index (χ1v) is 10.9. The highest BCUT2D eigenvalue weighted by Gasteiger charge is 2.41. The molecule has 1 aromatic carbocycles. The second kappa shape index (κ2) is 6.71. The predicted octanol–water partition coefficient (Wildman–Crippen LogP) is 2.57. The fraction of sp³-hybridized carbons (Fsp3) is 0.471. The molecule has 3 atom stereocenters. The van der Waals surface area contributed by atoms with E-state index in [0.29, 0.717) is 17.4 Å². The van der Waals surface area contributed by atoms with Crippen LogP contribution in [0.3, 0.4) is 0 Å². The van der Waals surface area contributed by atoms with Crippen LogP contribution in [0.2, 0.25) is 0 Å². The zero-order valence-electron chi connectivity index (χ0n) is 14.3. The van der Waals surface area contributed by atoms with E-state index in [2.05, 4.69) is 20.2 Å². The van der Waals surface area contributed by atoms with Crippen LogP contribution in [0.4, 0.5) is 5.13 Å². The zero-order chi connectivity index (χ0) is 18.3. The molecular formula is C17H20N4O3S2. The molecule has 4 rings (SSSR count). The summed E-state index contributed by atoms with van der Waals surface area (Å²) in [6, 6.07) is 7.16. The highest BCUT2D eigenvalue weighted by atomic mass is 32.2.